The Labute approximate surface area is 129 Å². The molecule has 0 radical (unpaired) electrons. The van der Waals surface area contributed by atoms with Gasteiger partial charge in [0.1, 0.15) is 0 Å². The van der Waals surface area contributed by atoms with Crippen LogP contribution in [0.25, 0.3) is 0 Å². The SMILES string of the molecule is CCCCC(CC)COS(=O)(=O)[O-].[K+]. The molecule has 80 valence electrons. The standard InChI is InChI=1S/C8H18O4S.K/c1-3-5-6-8(4-2)7-12-13(9,10)11;/h8H,3-7H2,1-2H3,(H,9,10,11);/q;+1/p-1. The zero-order valence-corrected chi connectivity index (χ0v) is 13.1. The minimum absolute atomic E-state index is 0. The summed E-state index contributed by atoms with van der Waals surface area (Å²) in [4.78, 5) is 0. The summed E-state index contributed by atoms with van der Waals surface area (Å²) in [6, 6.07) is 0. The summed E-state index contributed by atoms with van der Waals surface area (Å²) in [7, 11) is -4.50. The summed E-state index contributed by atoms with van der Waals surface area (Å²) in [6.45, 7) is 4.06. The van der Waals surface area contributed by atoms with Crippen LogP contribution in [-0.2, 0) is 14.6 Å². The van der Waals surface area contributed by atoms with Crippen molar-refractivity contribution >= 4 is 10.4 Å². The molecule has 0 aliphatic heterocycles. The third-order valence-corrected chi connectivity index (χ3v) is 2.42. The van der Waals surface area contributed by atoms with Gasteiger partial charge in [-0.1, -0.05) is 33.1 Å². The molecule has 0 aromatic carbocycles. The molecule has 1 atom stereocenters. The minimum Gasteiger partial charge on any atom is -0.726 e. The molecule has 6 heteroatoms. The zero-order chi connectivity index (χ0) is 10.3. The number of rotatable bonds is 7. The average Bonchev–Trinajstić information content (AvgIpc) is 2.03. The maximum absolute atomic E-state index is 10.1. The van der Waals surface area contributed by atoms with Gasteiger partial charge < -0.3 is 4.55 Å². The van der Waals surface area contributed by atoms with Crippen molar-refractivity contribution in [3.05, 3.63) is 0 Å². The van der Waals surface area contributed by atoms with Crippen LogP contribution < -0.4 is 51.4 Å². The van der Waals surface area contributed by atoms with E-state index in [9.17, 15) is 13.0 Å². The van der Waals surface area contributed by atoms with Crippen LogP contribution in [0.1, 0.15) is 39.5 Å². The molecule has 0 N–H and O–H groups in total. The van der Waals surface area contributed by atoms with Gasteiger partial charge in [0, 0.05) is 0 Å². The molecule has 0 heterocycles. The predicted molar refractivity (Wildman–Crippen MR) is 49.0 cm³/mol. The smallest absolute Gasteiger partial charge is 0.726 e. The average molecular weight is 248 g/mol. The number of unbranched alkanes of at least 4 members (excludes halogenated alkanes) is 1. The molecule has 0 fully saturated rings. The van der Waals surface area contributed by atoms with Crippen molar-refractivity contribution in [2.75, 3.05) is 6.61 Å². The number of hydrogen-bond donors (Lipinski definition) is 0. The molecular formula is C8H17KO4S. The first-order chi connectivity index (χ1) is 5.99. The Balaban J connectivity index is 0. The molecule has 4 nitrogen and oxygen atoms in total. The summed E-state index contributed by atoms with van der Waals surface area (Å²) in [5.41, 5.74) is 0. The van der Waals surface area contributed by atoms with E-state index in [1.54, 1.807) is 0 Å². The van der Waals surface area contributed by atoms with Crippen molar-refractivity contribution in [3.8, 4) is 0 Å². The van der Waals surface area contributed by atoms with E-state index < -0.39 is 10.4 Å². The third-order valence-electron chi connectivity index (χ3n) is 1.99. The van der Waals surface area contributed by atoms with E-state index >= 15 is 0 Å². The van der Waals surface area contributed by atoms with Crippen LogP contribution in [0.4, 0.5) is 0 Å². The topological polar surface area (TPSA) is 66.4 Å². The maximum Gasteiger partial charge on any atom is 1.00 e. The molecule has 0 saturated carbocycles. The molecule has 0 bridgehead atoms. The van der Waals surface area contributed by atoms with Crippen LogP contribution in [0.5, 0.6) is 0 Å². The summed E-state index contributed by atoms with van der Waals surface area (Å²) in [5, 5.41) is 0. The maximum atomic E-state index is 10.1. The third kappa shape index (κ3) is 11.6. The largest absolute Gasteiger partial charge is 1.00 e. The molecule has 0 rings (SSSR count). The van der Waals surface area contributed by atoms with Gasteiger partial charge in [0.15, 0.2) is 0 Å². The molecule has 0 saturated heterocycles. The fraction of sp³-hybridized carbons (Fsp3) is 1.00. The fourth-order valence-electron chi connectivity index (χ4n) is 1.08. The second-order valence-electron chi connectivity index (χ2n) is 3.11. The van der Waals surface area contributed by atoms with E-state index in [4.69, 9.17) is 0 Å². The van der Waals surface area contributed by atoms with Crippen LogP contribution in [-0.4, -0.2) is 19.6 Å². The van der Waals surface area contributed by atoms with Gasteiger partial charge in [0.05, 0.1) is 6.61 Å². The van der Waals surface area contributed by atoms with Gasteiger partial charge in [-0.3, -0.25) is 4.18 Å². The van der Waals surface area contributed by atoms with Crippen molar-refractivity contribution in [3.63, 3.8) is 0 Å². The van der Waals surface area contributed by atoms with Gasteiger partial charge in [-0.05, 0) is 12.3 Å². The molecule has 14 heavy (non-hydrogen) atoms. The van der Waals surface area contributed by atoms with Crippen molar-refractivity contribution in [2.45, 2.75) is 39.5 Å². The van der Waals surface area contributed by atoms with Crippen LogP contribution in [0.3, 0.4) is 0 Å². The fourth-order valence-corrected chi connectivity index (χ4v) is 1.44. The molecular weight excluding hydrogens is 231 g/mol. The van der Waals surface area contributed by atoms with Crippen LogP contribution in [0.15, 0.2) is 0 Å². The predicted octanol–water partition coefficient (Wildman–Crippen LogP) is -1.32. The summed E-state index contributed by atoms with van der Waals surface area (Å²) < 4.78 is 34.6. The molecule has 0 aliphatic carbocycles. The van der Waals surface area contributed by atoms with Gasteiger partial charge in [-0.2, -0.15) is 0 Å². The van der Waals surface area contributed by atoms with E-state index in [1.165, 1.54) is 0 Å². The first-order valence-electron chi connectivity index (χ1n) is 4.59. The molecule has 0 aromatic rings. The first kappa shape index (κ1) is 17.9. The molecule has 0 amide bonds. The van der Waals surface area contributed by atoms with Crippen LogP contribution in [0, 0.1) is 5.92 Å². The molecule has 1 unspecified atom stereocenters. The Bertz CT molecular complexity index is 215. The van der Waals surface area contributed by atoms with E-state index in [-0.39, 0.29) is 63.9 Å². The Morgan fingerprint density at radius 2 is 1.93 bits per heavy atom. The van der Waals surface area contributed by atoms with Gasteiger partial charge in [0.25, 0.3) is 0 Å². The molecule has 0 aromatic heterocycles. The van der Waals surface area contributed by atoms with E-state index in [1.807, 2.05) is 6.92 Å². The Kier molecular flexibility index (Phi) is 12.4. The summed E-state index contributed by atoms with van der Waals surface area (Å²) in [6.07, 6.45) is 3.87. The summed E-state index contributed by atoms with van der Waals surface area (Å²) in [5.74, 6) is 0.184. The first-order valence-corrected chi connectivity index (χ1v) is 5.93. The zero-order valence-electron chi connectivity index (χ0n) is 9.15. The second kappa shape index (κ2) is 9.71. The Morgan fingerprint density at radius 1 is 1.36 bits per heavy atom. The van der Waals surface area contributed by atoms with Gasteiger partial charge in [0.2, 0.25) is 10.4 Å². The van der Waals surface area contributed by atoms with E-state index in [0.29, 0.717) is 0 Å². The van der Waals surface area contributed by atoms with Crippen molar-refractivity contribution in [1.29, 1.82) is 0 Å². The quantitative estimate of drug-likeness (QED) is 0.318. The Morgan fingerprint density at radius 3 is 2.29 bits per heavy atom. The van der Waals surface area contributed by atoms with Gasteiger partial charge in [-0.15, -0.1) is 0 Å². The van der Waals surface area contributed by atoms with Crippen molar-refractivity contribution in [1.82, 2.24) is 0 Å². The van der Waals surface area contributed by atoms with Crippen LogP contribution >= 0.6 is 0 Å². The van der Waals surface area contributed by atoms with Gasteiger partial charge >= 0.3 is 51.4 Å². The van der Waals surface area contributed by atoms with Crippen LogP contribution in [0.2, 0.25) is 0 Å². The minimum atomic E-state index is -4.50. The molecule has 0 aliphatic rings. The summed E-state index contributed by atoms with van der Waals surface area (Å²) >= 11 is 0. The normalized spacial score (nSPS) is 13.4. The van der Waals surface area contributed by atoms with Crippen molar-refractivity contribution in [2.24, 2.45) is 5.92 Å². The van der Waals surface area contributed by atoms with E-state index in [0.717, 1.165) is 25.7 Å². The number of hydrogen-bond acceptors (Lipinski definition) is 4. The molecule has 0 spiro atoms. The van der Waals surface area contributed by atoms with Gasteiger partial charge in [-0.25, -0.2) is 8.42 Å². The monoisotopic (exact) mass is 248 g/mol. The van der Waals surface area contributed by atoms with Crippen molar-refractivity contribution < 1.29 is 68.5 Å². The van der Waals surface area contributed by atoms with E-state index in [2.05, 4.69) is 11.1 Å². The second-order valence-corrected chi connectivity index (χ2v) is 4.16. The Hall–Kier alpha value is 1.51.